The van der Waals surface area contributed by atoms with Gasteiger partial charge in [0, 0.05) is 32.1 Å². The maximum Gasteiger partial charge on any atom is 0.326 e. The molecule has 0 radical (unpaired) electrons. The van der Waals surface area contributed by atoms with E-state index in [2.05, 4.69) is 10.2 Å². The molecule has 2 heterocycles. The first kappa shape index (κ1) is 15.6. The lowest BCUT2D eigenvalue weighted by molar-refractivity contribution is -0.139. The van der Waals surface area contributed by atoms with Crippen molar-refractivity contribution in [1.29, 1.82) is 0 Å². The van der Waals surface area contributed by atoms with Crippen LogP contribution in [0.2, 0.25) is 0 Å². The number of nitrogens with one attached hydrogen (secondary N) is 1. The molecule has 2 rings (SSSR count). The number of hydrogen-bond donors (Lipinski definition) is 3. The van der Waals surface area contributed by atoms with Gasteiger partial charge in [-0.1, -0.05) is 0 Å². The summed E-state index contributed by atoms with van der Waals surface area (Å²) in [4.78, 5) is 38.0. The number of carboxylic acid groups (broad SMARTS) is 1. The van der Waals surface area contributed by atoms with Crippen LogP contribution in [0.1, 0.15) is 25.7 Å². The van der Waals surface area contributed by atoms with Crippen LogP contribution in [0.3, 0.4) is 0 Å². The third-order valence-corrected chi connectivity index (χ3v) is 4.15. The number of nitrogens with zero attached hydrogens (tertiary/aromatic N) is 2. The summed E-state index contributed by atoms with van der Waals surface area (Å²) in [5.74, 6) is -1.72. The van der Waals surface area contributed by atoms with Crippen molar-refractivity contribution in [1.82, 2.24) is 15.1 Å². The number of nitrogens with two attached hydrogens (primary N) is 1. The molecule has 0 bridgehead atoms. The van der Waals surface area contributed by atoms with Crippen molar-refractivity contribution in [2.24, 2.45) is 5.73 Å². The van der Waals surface area contributed by atoms with Gasteiger partial charge < -0.3 is 21.1 Å². The second-order valence-electron chi connectivity index (χ2n) is 5.62. The topological polar surface area (TPSA) is 116 Å². The molecule has 4 N–H and O–H groups in total. The SMILES string of the molecule is NC(=O)CC[C@H](NC(=O)N1CCN2CCCC2C1)C(=O)O. The lowest BCUT2D eigenvalue weighted by Gasteiger charge is -2.37. The van der Waals surface area contributed by atoms with E-state index in [0.29, 0.717) is 19.1 Å². The number of urea groups is 1. The monoisotopic (exact) mass is 298 g/mol. The van der Waals surface area contributed by atoms with Gasteiger partial charge in [-0.25, -0.2) is 9.59 Å². The maximum absolute atomic E-state index is 12.2. The van der Waals surface area contributed by atoms with Crippen LogP contribution in [0.4, 0.5) is 4.79 Å². The molecule has 1 unspecified atom stereocenters. The van der Waals surface area contributed by atoms with E-state index in [4.69, 9.17) is 10.8 Å². The minimum absolute atomic E-state index is 0.0137. The highest BCUT2D eigenvalue weighted by atomic mass is 16.4. The normalized spacial score (nSPS) is 23.4. The molecule has 2 atom stereocenters. The zero-order valence-electron chi connectivity index (χ0n) is 12.0. The second kappa shape index (κ2) is 6.75. The zero-order chi connectivity index (χ0) is 15.4. The number of fused-ring (bicyclic) bond motifs is 1. The quantitative estimate of drug-likeness (QED) is 0.614. The average Bonchev–Trinajstić information content (AvgIpc) is 2.89. The van der Waals surface area contributed by atoms with Gasteiger partial charge in [0.25, 0.3) is 0 Å². The predicted octanol–water partition coefficient (Wildman–Crippen LogP) is -0.805. The predicted molar refractivity (Wildman–Crippen MR) is 74.6 cm³/mol. The first-order chi connectivity index (χ1) is 9.97. The van der Waals surface area contributed by atoms with Crippen molar-refractivity contribution in [3.8, 4) is 0 Å². The van der Waals surface area contributed by atoms with E-state index >= 15 is 0 Å². The van der Waals surface area contributed by atoms with Crippen LogP contribution in [0, 0.1) is 0 Å². The first-order valence-corrected chi connectivity index (χ1v) is 7.28. The molecule has 2 aliphatic heterocycles. The number of hydrogen-bond acceptors (Lipinski definition) is 4. The lowest BCUT2D eigenvalue weighted by Crippen LogP contribution is -2.56. The number of carbonyl (C=O) groups is 3. The summed E-state index contributed by atoms with van der Waals surface area (Å²) in [6.07, 6.45) is 2.18. The van der Waals surface area contributed by atoms with E-state index in [1.165, 1.54) is 0 Å². The molecule has 0 aromatic carbocycles. The summed E-state index contributed by atoms with van der Waals surface area (Å²) in [5, 5.41) is 11.6. The molecule has 2 saturated heterocycles. The molecule has 2 aliphatic rings. The molecular formula is C13H22N4O4. The van der Waals surface area contributed by atoms with Crippen molar-refractivity contribution in [2.45, 2.75) is 37.8 Å². The summed E-state index contributed by atoms with van der Waals surface area (Å²) in [5.41, 5.74) is 5.01. The Morgan fingerprint density at radius 2 is 2.05 bits per heavy atom. The Morgan fingerprint density at radius 3 is 2.71 bits per heavy atom. The standard InChI is InChI=1S/C13H22N4O4/c14-11(18)4-3-10(12(19)20)15-13(21)17-7-6-16-5-1-2-9(16)8-17/h9-10H,1-8H2,(H2,14,18)(H,15,21)(H,19,20)/t9?,10-/m0/s1. The lowest BCUT2D eigenvalue weighted by atomic mass is 10.1. The van der Waals surface area contributed by atoms with Gasteiger partial charge in [-0.15, -0.1) is 0 Å². The van der Waals surface area contributed by atoms with Gasteiger partial charge in [0.1, 0.15) is 6.04 Å². The number of carboxylic acids is 1. The fourth-order valence-electron chi connectivity index (χ4n) is 2.96. The third kappa shape index (κ3) is 4.07. The zero-order valence-corrected chi connectivity index (χ0v) is 12.0. The van der Waals surface area contributed by atoms with Crippen molar-refractivity contribution in [3.63, 3.8) is 0 Å². The Morgan fingerprint density at radius 1 is 1.29 bits per heavy atom. The molecule has 8 nitrogen and oxygen atoms in total. The Hall–Kier alpha value is -1.83. The van der Waals surface area contributed by atoms with E-state index in [-0.39, 0.29) is 18.9 Å². The number of primary amides is 1. The number of aliphatic carboxylic acids is 1. The van der Waals surface area contributed by atoms with Gasteiger partial charge in [0.15, 0.2) is 0 Å². The molecule has 3 amide bonds. The van der Waals surface area contributed by atoms with Crippen molar-refractivity contribution in [3.05, 3.63) is 0 Å². The van der Waals surface area contributed by atoms with Crippen LogP contribution >= 0.6 is 0 Å². The number of carbonyl (C=O) groups excluding carboxylic acids is 2. The molecule has 0 aromatic rings. The summed E-state index contributed by atoms with van der Waals surface area (Å²) in [6, 6.07) is -1.07. The highest BCUT2D eigenvalue weighted by Gasteiger charge is 2.33. The van der Waals surface area contributed by atoms with E-state index in [0.717, 1.165) is 25.9 Å². The van der Waals surface area contributed by atoms with E-state index < -0.39 is 17.9 Å². The molecule has 0 aliphatic carbocycles. The summed E-state index contributed by atoms with van der Waals surface area (Å²) < 4.78 is 0. The van der Waals surface area contributed by atoms with Crippen LogP contribution in [-0.2, 0) is 9.59 Å². The Bertz CT molecular complexity index is 428. The molecule has 118 valence electrons. The largest absolute Gasteiger partial charge is 0.480 e. The summed E-state index contributed by atoms with van der Waals surface area (Å²) in [6.45, 7) is 3.14. The van der Waals surface area contributed by atoms with E-state index in [9.17, 15) is 14.4 Å². The molecule has 8 heteroatoms. The maximum atomic E-state index is 12.2. The fourth-order valence-corrected chi connectivity index (χ4v) is 2.96. The molecule has 0 saturated carbocycles. The molecule has 2 fully saturated rings. The number of amides is 3. The fraction of sp³-hybridized carbons (Fsp3) is 0.769. The number of piperazine rings is 1. The summed E-state index contributed by atoms with van der Waals surface area (Å²) in [7, 11) is 0. The minimum atomic E-state index is -1.15. The van der Waals surface area contributed by atoms with Crippen LogP contribution < -0.4 is 11.1 Å². The van der Waals surface area contributed by atoms with Gasteiger partial charge in [0.05, 0.1) is 0 Å². The van der Waals surface area contributed by atoms with Crippen LogP contribution in [0.15, 0.2) is 0 Å². The highest BCUT2D eigenvalue weighted by molar-refractivity contribution is 5.83. The molecular weight excluding hydrogens is 276 g/mol. The van der Waals surface area contributed by atoms with E-state index in [1.54, 1.807) is 4.90 Å². The second-order valence-corrected chi connectivity index (χ2v) is 5.62. The van der Waals surface area contributed by atoms with Crippen molar-refractivity contribution >= 4 is 17.9 Å². The smallest absolute Gasteiger partial charge is 0.326 e. The Kier molecular flexibility index (Phi) is 5.00. The molecule has 21 heavy (non-hydrogen) atoms. The van der Waals surface area contributed by atoms with E-state index in [1.807, 2.05) is 0 Å². The summed E-state index contributed by atoms with van der Waals surface area (Å²) >= 11 is 0. The number of rotatable bonds is 5. The van der Waals surface area contributed by atoms with Gasteiger partial charge in [0.2, 0.25) is 5.91 Å². The Labute approximate surface area is 123 Å². The molecule has 0 spiro atoms. The molecule has 0 aromatic heterocycles. The van der Waals surface area contributed by atoms with Gasteiger partial charge in [-0.05, 0) is 25.8 Å². The average molecular weight is 298 g/mol. The first-order valence-electron chi connectivity index (χ1n) is 7.28. The highest BCUT2D eigenvalue weighted by Crippen LogP contribution is 2.21. The third-order valence-electron chi connectivity index (χ3n) is 4.15. The minimum Gasteiger partial charge on any atom is -0.480 e. The van der Waals surface area contributed by atoms with Crippen molar-refractivity contribution in [2.75, 3.05) is 26.2 Å². The van der Waals surface area contributed by atoms with Gasteiger partial charge >= 0.3 is 12.0 Å². The van der Waals surface area contributed by atoms with Gasteiger partial charge in [-0.2, -0.15) is 0 Å². The van der Waals surface area contributed by atoms with Crippen LogP contribution in [-0.4, -0.2) is 71.1 Å². The van der Waals surface area contributed by atoms with Crippen molar-refractivity contribution < 1.29 is 19.5 Å². The van der Waals surface area contributed by atoms with Crippen LogP contribution in [0.25, 0.3) is 0 Å². The van der Waals surface area contributed by atoms with Gasteiger partial charge in [-0.3, -0.25) is 9.69 Å². The Balaban J connectivity index is 1.86. The van der Waals surface area contributed by atoms with Crippen LogP contribution in [0.5, 0.6) is 0 Å².